The Morgan fingerprint density at radius 1 is 1.38 bits per heavy atom. The summed E-state index contributed by atoms with van der Waals surface area (Å²) in [6.45, 7) is 2.15. The van der Waals surface area contributed by atoms with Crippen molar-refractivity contribution in [2.24, 2.45) is 5.92 Å². The lowest BCUT2D eigenvalue weighted by atomic mass is 9.87. The van der Waals surface area contributed by atoms with Crippen LogP contribution in [-0.2, 0) is 4.79 Å². The van der Waals surface area contributed by atoms with Crippen LogP contribution in [0.5, 0.6) is 0 Å². The van der Waals surface area contributed by atoms with Crippen molar-refractivity contribution in [2.45, 2.75) is 26.2 Å². The lowest BCUT2D eigenvalue weighted by Gasteiger charge is -2.16. The van der Waals surface area contributed by atoms with E-state index in [-0.39, 0.29) is 0 Å². The molecular formula is C12H14O. The minimum absolute atomic E-state index is 0.316. The third-order valence-corrected chi connectivity index (χ3v) is 2.64. The fraction of sp³-hybridized carbons (Fsp3) is 0.417. The average molecular weight is 174 g/mol. The predicted octanol–water partition coefficient (Wildman–Crippen LogP) is 2.80. The molecule has 0 heterocycles. The summed E-state index contributed by atoms with van der Waals surface area (Å²) in [5, 5.41) is 0. The van der Waals surface area contributed by atoms with E-state index in [1.807, 2.05) is 12.2 Å². The van der Waals surface area contributed by atoms with Gasteiger partial charge < -0.3 is 0 Å². The van der Waals surface area contributed by atoms with Crippen LogP contribution in [0.2, 0.25) is 0 Å². The van der Waals surface area contributed by atoms with Crippen molar-refractivity contribution < 1.29 is 4.79 Å². The van der Waals surface area contributed by atoms with E-state index in [1.165, 1.54) is 5.57 Å². The summed E-state index contributed by atoms with van der Waals surface area (Å²) in [4.78, 5) is 11.5. The first-order chi connectivity index (χ1) is 6.27. The zero-order valence-corrected chi connectivity index (χ0v) is 7.92. The molecule has 68 valence electrons. The molecule has 2 rings (SSSR count). The van der Waals surface area contributed by atoms with Gasteiger partial charge in [-0.2, -0.15) is 0 Å². The lowest BCUT2D eigenvalue weighted by molar-refractivity contribution is -0.115. The second-order valence-corrected chi connectivity index (χ2v) is 3.79. The normalized spacial score (nSPS) is 27.5. The van der Waals surface area contributed by atoms with E-state index in [0.29, 0.717) is 11.7 Å². The number of hydrogen-bond acceptors (Lipinski definition) is 1. The zero-order chi connectivity index (χ0) is 9.26. The maximum atomic E-state index is 11.5. The van der Waals surface area contributed by atoms with Gasteiger partial charge in [-0.1, -0.05) is 31.2 Å². The first kappa shape index (κ1) is 8.49. The van der Waals surface area contributed by atoms with E-state index in [4.69, 9.17) is 0 Å². The van der Waals surface area contributed by atoms with Crippen LogP contribution in [0.1, 0.15) is 26.2 Å². The Kier molecular flexibility index (Phi) is 2.17. The monoisotopic (exact) mass is 174 g/mol. The van der Waals surface area contributed by atoms with Gasteiger partial charge in [-0.3, -0.25) is 4.79 Å². The smallest absolute Gasteiger partial charge is 0.163 e. The van der Waals surface area contributed by atoms with Crippen LogP contribution in [0.25, 0.3) is 0 Å². The molecule has 2 aliphatic carbocycles. The van der Waals surface area contributed by atoms with Crippen LogP contribution in [0.15, 0.2) is 35.5 Å². The minimum Gasteiger partial charge on any atom is -0.294 e. The third-order valence-electron chi connectivity index (χ3n) is 2.64. The molecule has 13 heavy (non-hydrogen) atoms. The summed E-state index contributed by atoms with van der Waals surface area (Å²) in [7, 11) is 0. The van der Waals surface area contributed by atoms with Crippen LogP contribution in [-0.4, -0.2) is 5.78 Å². The molecule has 0 amide bonds. The van der Waals surface area contributed by atoms with Gasteiger partial charge in [0, 0.05) is 12.0 Å². The Hall–Kier alpha value is -1.11. The molecule has 1 atom stereocenters. The molecule has 1 fully saturated rings. The molecule has 0 bridgehead atoms. The maximum Gasteiger partial charge on any atom is 0.163 e. The molecule has 1 nitrogen and oxygen atoms in total. The van der Waals surface area contributed by atoms with Gasteiger partial charge in [0.2, 0.25) is 0 Å². The largest absolute Gasteiger partial charge is 0.294 e. The first-order valence-corrected chi connectivity index (χ1v) is 4.90. The first-order valence-electron chi connectivity index (χ1n) is 4.90. The second-order valence-electron chi connectivity index (χ2n) is 3.79. The lowest BCUT2D eigenvalue weighted by Crippen LogP contribution is -2.11. The topological polar surface area (TPSA) is 17.1 Å². The summed E-state index contributed by atoms with van der Waals surface area (Å²) in [5.74, 6) is 0.783. The van der Waals surface area contributed by atoms with E-state index >= 15 is 0 Å². The van der Waals surface area contributed by atoms with Gasteiger partial charge in [0.1, 0.15) is 0 Å². The van der Waals surface area contributed by atoms with Crippen molar-refractivity contribution in [3.05, 3.63) is 35.5 Å². The van der Waals surface area contributed by atoms with Gasteiger partial charge in [0.15, 0.2) is 5.78 Å². The number of carbonyl (C=O) groups excluding carboxylic acids is 1. The number of hydrogen-bond donors (Lipinski definition) is 0. The summed E-state index contributed by atoms with van der Waals surface area (Å²) in [5.41, 5.74) is 2.21. The summed E-state index contributed by atoms with van der Waals surface area (Å²) in [6.07, 6.45) is 11.1. The van der Waals surface area contributed by atoms with Crippen molar-refractivity contribution >= 4 is 5.78 Å². The minimum atomic E-state index is 0.316. The predicted molar refractivity (Wildman–Crippen MR) is 53.3 cm³/mol. The summed E-state index contributed by atoms with van der Waals surface area (Å²) >= 11 is 0. The van der Waals surface area contributed by atoms with E-state index in [2.05, 4.69) is 19.1 Å². The number of allylic oxidation sites excluding steroid dienone is 6. The third kappa shape index (κ3) is 1.64. The summed E-state index contributed by atoms with van der Waals surface area (Å²) < 4.78 is 0. The van der Waals surface area contributed by atoms with Crippen LogP contribution in [0.4, 0.5) is 0 Å². The van der Waals surface area contributed by atoms with Crippen LogP contribution < -0.4 is 0 Å². The quantitative estimate of drug-likeness (QED) is 0.552. The summed E-state index contributed by atoms with van der Waals surface area (Å²) in [6, 6.07) is 0. The molecule has 0 radical (unpaired) electrons. The Balaban J connectivity index is 2.38. The van der Waals surface area contributed by atoms with Gasteiger partial charge in [0.25, 0.3) is 0 Å². The van der Waals surface area contributed by atoms with Gasteiger partial charge in [-0.25, -0.2) is 0 Å². The van der Waals surface area contributed by atoms with Gasteiger partial charge in [-0.15, -0.1) is 0 Å². The van der Waals surface area contributed by atoms with E-state index in [1.54, 1.807) is 0 Å². The number of fused-ring (bicyclic) bond motifs is 1. The Morgan fingerprint density at radius 2 is 2.23 bits per heavy atom. The molecule has 0 N–H and O–H groups in total. The molecule has 1 saturated carbocycles. The highest BCUT2D eigenvalue weighted by Gasteiger charge is 2.20. The van der Waals surface area contributed by atoms with Crippen molar-refractivity contribution in [2.75, 3.05) is 0 Å². The number of rotatable bonds is 0. The zero-order valence-electron chi connectivity index (χ0n) is 7.92. The number of ketones is 1. The molecule has 2 aliphatic rings. The van der Waals surface area contributed by atoms with Crippen molar-refractivity contribution in [3.63, 3.8) is 0 Å². The molecule has 0 aromatic heterocycles. The maximum absolute atomic E-state index is 11.5. The molecule has 0 spiro atoms. The Morgan fingerprint density at radius 3 is 3.08 bits per heavy atom. The molecule has 0 aromatic rings. The molecule has 0 saturated heterocycles. The molecular weight excluding hydrogens is 160 g/mol. The highest BCUT2D eigenvalue weighted by molar-refractivity contribution is 6.00. The molecule has 0 aromatic carbocycles. The van der Waals surface area contributed by atoms with Crippen LogP contribution in [0, 0.1) is 5.92 Å². The molecule has 0 aliphatic heterocycles. The highest BCUT2D eigenvalue weighted by Crippen LogP contribution is 2.29. The number of carbonyl (C=O) groups is 1. The van der Waals surface area contributed by atoms with E-state index in [0.717, 1.165) is 24.8 Å². The van der Waals surface area contributed by atoms with Crippen LogP contribution >= 0.6 is 0 Å². The SMILES string of the molecule is CC1C=CC=C2C(=O)CCCC2=C1. The van der Waals surface area contributed by atoms with Gasteiger partial charge >= 0.3 is 0 Å². The van der Waals surface area contributed by atoms with Gasteiger partial charge in [-0.05, 0) is 24.3 Å². The van der Waals surface area contributed by atoms with Crippen molar-refractivity contribution in [3.8, 4) is 0 Å². The van der Waals surface area contributed by atoms with Gasteiger partial charge in [0.05, 0.1) is 0 Å². The molecule has 1 heteroatoms. The van der Waals surface area contributed by atoms with Crippen molar-refractivity contribution in [1.29, 1.82) is 0 Å². The standard InChI is InChI=1S/C12H14O/c1-9-4-2-6-11-10(8-9)5-3-7-12(11)13/h2,4,6,8-9H,3,5,7H2,1H3. The fourth-order valence-corrected chi connectivity index (χ4v) is 1.96. The Bertz CT molecular complexity index is 318. The molecule has 1 unspecified atom stereocenters. The van der Waals surface area contributed by atoms with E-state index in [9.17, 15) is 4.79 Å². The number of Topliss-reactive ketones (excluding diaryl/α,β-unsaturated/α-hetero) is 1. The Labute approximate surface area is 78.8 Å². The fourth-order valence-electron chi connectivity index (χ4n) is 1.96. The van der Waals surface area contributed by atoms with E-state index < -0.39 is 0 Å². The average Bonchev–Trinajstić information content (AvgIpc) is 2.27. The van der Waals surface area contributed by atoms with Crippen LogP contribution in [0.3, 0.4) is 0 Å². The highest BCUT2D eigenvalue weighted by atomic mass is 16.1. The van der Waals surface area contributed by atoms with Crippen molar-refractivity contribution in [1.82, 2.24) is 0 Å². The second kappa shape index (κ2) is 3.33.